The van der Waals surface area contributed by atoms with Gasteiger partial charge in [-0.1, -0.05) is 30.0 Å². The molecule has 1 nitrogen and oxygen atoms in total. The number of thioether (sulfide) groups is 1. The van der Waals surface area contributed by atoms with Gasteiger partial charge >= 0.3 is 0 Å². The molecule has 0 heterocycles. The maximum absolute atomic E-state index is 12.3. The van der Waals surface area contributed by atoms with Crippen LogP contribution in [-0.2, 0) is 4.79 Å². The van der Waals surface area contributed by atoms with Crippen molar-refractivity contribution in [2.75, 3.05) is 0 Å². The second-order valence-electron chi connectivity index (χ2n) is 2.05. The highest BCUT2D eigenvalue weighted by Crippen LogP contribution is 2.19. The van der Waals surface area contributed by atoms with E-state index in [9.17, 15) is 9.18 Å². The van der Waals surface area contributed by atoms with Crippen molar-refractivity contribution in [1.29, 1.82) is 0 Å². The fourth-order valence-corrected chi connectivity index (χ4v) is 1.27. The monoisotopic (exact) mass is 182 g/mol. The van der Waals surface area contributed by atoms with Crippen molar-refractivity contribution in [3.8, 4) is 0 Å². The molecule has 0 saturated carbocycles. The average molecular weight is 182 g/mol. The quantitative estimate of drug-likeness (QED) is 0.406. The molecule has 0 aliphatic carbocycles. The number of hydrogen-bond acceptors (Lipinski definition) is 2. The SMILES string of the molecule is O=C/C(F)=C/Sc1ccccc1. The Morgan fingerprint density at radius 1 is 1.33 bits per heavy atom. The van der Waals surface area contributed by atoms with Crippen LogP contribution in [0.5, 0.6) is 0 Å². The van der Waals surface area contributed by atoms with Crippen LogP contribution in [0.1, 0.15) is 0 Å². The molecule has 0 bridgehead atoms. The number of halogens is 1. The third kappa shape index (κ3) is 2.88. The van der Waals surface area contributed by atoms with Crippen molar-refractivity contribution in [2.45, 2.75) is 4.90 Å². The summed E-state index contributed by atoms with van der Waals surface area (Å²) < 4.78 is 12.3. The van der Waals surface area contributed by atoms with Gasteiger partial charge in [0.15, 0.2) is 12.1 Å². The highest BCUT2D eigenvalue weighted by molar-refractivity contribution is 8.02. The van der Waals surface area contributed by atoms with Crippen molar-refractivity contribution in [2.24, 2.45) is 0 Å². The fraction of sp³-hybridized carbons (Fsp3) is 0. The highest BCUT2D eigenvalue weighted by atomic mass is 32.2. The van der Waals surface area contributed by atoms with Gasteiger partial charge in [-0.2, -0.15) is 0 Å². The summed E-state index contributed by atoms with van der Waals surface area (Å²) >= 11 is 1.18. The molecule has 3 heteroatoms. The van der Waals surface area contributed by atoms with Crippen LogP contribution in [-0.4, -0.2) is 6.29 Å². The van der Waals surface area contributed by atoms with Gasteiger partial charge in [-0.25, -0.2) is 4.39 Å². The van der Waals surface area contributed by atoms with Crippen LogP contribution in [0.3, 0.4) is 0 Å². The lowest BCUT2D eigenvalue weighted by molar-refractivity contribution is -0.106. The highest BCUT2D eigenvalue weighted by Gasteiger charge is 1.91. The van der Waals surface area contributed by atoms with Crippen molar-refractivity contribution in [1.82, 2.24) is 0 Å². The topological polar surface area (TPSA) is 17.1 Å². The minimum atomic E-state index is -0.746. The Morgan fingerprint density at radius 2 is 2.00 bits per heavy atom. The van der Waals surface area contributed by atoms with E-state index in [-0.39, 0.29) is 6.29 Å². The summed E-state index contributed by atoms with van der Waals surface area (Å²) in [5.74, 6) is -0.746. The predicted molar refractivity (Wildman–Crippen MR) is 47.6 cm³/mol. The lowest BCUT2D eigenvalue weighted by Crippen LogP contribution is -1.71. The molecule has 0 saturated heterocycles. The summed E-state index contributed by atoms with van der Waals surface area (Å²) in [5.41, 5.74) is 0. The minimum Gasteiger partial charge on any atom is -0.295 e. The summed E-state index contributed by atoms with van der Waals surface area (Å²) in [7, 11) is 0. The molecule has 0 N–H and O–H groups in total. The van der Waals surface area contributed by atoms with Gasteiger partial charge in [0.25, 0.3) is 0 Å². The Bertz CT molecular complexity index is 282. The largest absolute Gasteiger partial charge is 0.295 e. The summed E-state index contributed by atoms with van der Waals surface area (Å²) in [6, 6.07) is 9.28. The molecule has 62 valence electrons. The number of carbonyl (C=O) groups is 1. The van der Waals surface area contributed by atoms with Crippen LogP contribution in [0.4, 0.5) is 4.39 Å². The van der Waals surface area contributed by atoms with Gasteiger partial charge in [0.05, 0.1) is 0 Å². The van der Waals surface area contributed by atoms with E-state index in [0.29, 0.717) is 0 Å². The van der Waals surface area contributed by atoms with E-state index in [1.54, 1.807) is 0 Å². The molecule has 1 aromatic carbocycles. The lowest BCUT2D eigenvalue weighted by Gasteiger charge is -1.92. The number of carbonyl (C=O) groups excluding carboxylic acids is 1. The van der Waals surface area contributed by atoms with E-state index >= 15 is 0 Å². The summed E-state index contributed by atoms with van der Waals surface area (Å²) in [6.45, 7) is 0. The van der Waals surface area contributed by atoms with E-state index in [1.165, 1.54) is 17.2 Å². The van der Waals surface area contributed by atoms with Crippen LogP contribution in [0, 0.1) is 0 Å². The van der Waals surface area contributed by atoms with E-state index in [2.05, 4.69) is 0 Å². The van der Waals surface area contributed by atoms with Crippen LogP contribution >= 0.6 is 11.8 Å². The van der Waals surface area contributed by atoms with Crippen molar-refractivity contribution in [3.05, 3.63) is 41.6 Å². The molecule has 12 heavy (non-hydrogen) atoms. The number of aldehydes is 1. The van der Waals surface area contributed by atoms with Crippen molar-refractivity contribution in [3.63, 3.8) is 0 Å². The summed E-state index contributed by atoms with van der Waals surface area (Å²) in [4.78, 5) is 10.8. The van der Waals surface area contributed by atoms with Gasteiger partial charge in [0.1, 0.15) is 0 Å². The zero-order chi connectivity index (χ0) is 8.81. The number of hydrogen-bond donors (Lipinski definition) is 0. The van der Waals surface area contributed by atoms with Crippen LogP contribution in [0.15, 0.2) is 46.5 Å². The average Bonchev–Trinajstić information content (AvgIpc) is 2.16. The van der Waals surface area contributed by atoms with Gasteiger partial charge in [0.2, 0.25) is 0 Å². The molecule has 0 atom stereocenters. The van der Waals surface area contributed by atoms with Gasteiger partial charge in [0, 0.05) is 10.3 Å². The zero-order valence-electron chi connectivity index (χ0n) is 6.24. The molecule has 0 unspecified atom stereocenters. The van der Waals surface area contributed by atoms with Crippen LogP contribution in [0.2, 0.25) is 0 Å². The molecule has 1 rings (SSSR count). The maximum atomic E-state index is 12.3. The lowest BCUT2D eigenvalue weighted by atomic mass is 10.4. The molecule has 0 amide bonds. The molecule has 1 aromatic rings. The second-order valence-corrected chi connectivity index (χ2v) is 2.99. The number of benzene rings is 1. The fourth-order valence-electron chi connectivity index (χ4n) is 0.651. The Kier molecular flexibility index (Phi) is 3.54. The molecule has 0 aliphatic rings. The molecule has 0 fully saturated rings. The maximum Gasteiger partial charge on any atom is 0.178 e. The summed E-state index contributed by atoms with van der Waals surface area (Å²) in [5, 5.41) is 1.18. The minimum absolute atomic E-state index is 0.190. The number of rotatable bonds is 3. The molecule has 0 aromatic heterocycles. The van der Waals surface area contributed by atoms with E-state index in [0.717, 1.165) is 4.90 Å². The first-order valence-electron chi connectivity index (χ1n) is 3.35. The standard InChI is InChI=1S/C9H7FOS/c10-8(6-11)7-12-9-4-2-1-3-5-9/h1-7H/b8-7-. The molecule has 0 aliphatic heterocycles. The van der Waals surface area contributed by atoms with E-state index < -0.39 is 5.83 Å². The Hall–Kier alpha value is -1.09. The van der Waals surface area contributed by atoms with Gasteiger partial charge in [-0.05, 0) is 12.1 Å². The Morgan fingerprint density at radius 3 is 2.58 bits per heavy atom. The third-order valence-electron chi connectivity index (χ3n) is 1.16. The first-order chi connectivity index (χ1) is 5.83. The smallest absolute Gasteiger partial charge is 0.178 e. The third-order valence-corrected chi connectivity index (χ3v) is 2.05. The molecule has 0 spiro atoms. The normalized spacial score (nSPS) is 11.2. The van der Waals surface area contributed by atoms with Crippen LogP contribution < -0.4 is 0 Å². The van der Waals surface area contributed by atoms with Gasteiger partial charge in [-0.3, -0.25) is 4.79 Å². The van der Waals surface area contributed by atoms with Gasteiger partial charge in [-0.15, -0.1) is 0 Å². The van der Waals surface area contributed by atoms with E-state index in [4.69, 9.17) is 0 Å². The first kappa shape index (κ1) is 9.00. The molecular formula is C9H7FOS. The molecular weight excluding hydrogens is 175 g/mol. The Balaban J connectivity index is 2.60. The first-order valence-corrected chi connectivity index (χ1v) is 4.23. The molecule has 0 radical (unpaired) electrons. The zero-order valence-corrected chi connectivity index (χ0v) is 7.05. The number of allylic oxidation sites excluding steroid dienone is 1. The summed E-state index contributed by atoms with van der Waals surface area (Å²) in [6.07, 6.45) is 0.190. The van der Waals surface area contributed by atoms with Crippen molar-refractivity contribution >= 4 is 18.0 Å². The Labute approximate surface area is 74.3 Å². The van der Waals surface area contributed by atoms with Crippen molar-refractivity contribution < 1.29 is 9.18 Å². The second kappa shape index (κ2) is 4.72. The van der Waals surface area contributed by atoms with Crippen LogP contribution in [0.25, 0.3) is 0 Å². The van der Waals surface area contributed by atoms with E-state index in [1.807, 2.05) is 30.3 Å². The predicted octanol–water partition coefficient (Wildman–Crippen LogP) is 2.79. The van der Waals surface area contributed by atoms with Gasteiger partial charge < -0.3 is 0 Å².